The standard InChI is InChI=1S/C12H11N5O6S.Na/c18-12-15-7-8(17(12)23-24(19,20)21)1-2-10(15)16-5-3-9(14-16)11-13-4-6-22-11;/h1-6,8,10H,7H2,(H,19,20,21);/q;+1/p-1. The molecular weight excluding hydrogens is 365 g/mol. The quantitative estimate of drug-likeness (QED) is 0.241. The van der Waals surface area contributed by atoms with Crippen molar-refractivity contribution in [1.82, 2.24) is 24.7 Å². The Bertz CT molecular complexity index is 910. The summed E-state index contributed by atoms with van der Waals surface area (Å²) in [6, 6.07) is 0.282. The van der Waals surface area contributed by atoms with E-state index in [2.05, 4.69) is 14.4 Å². The number of aromatic nitrogens is 3. The molecule has 2 aliphatic rings. The van der Waals surface area contributed by atoms with E-state index in [0.29, 0.717) is 16.6 Å². The van der Waals surface area contributed by atoms with Gasteiger partial charge in [0.2, 0.25) is 16.3 Å². The SMILES string of the molecule is O=C1N2CC(C=CC2n2ccc(-c3ncco3)n2)N1OS(=O)(=O)[O-].[Na+]. The van der Waals surface area contributed by atoms with E-state index in [1.807, 2.05) is 0 Å². The Hall–Kier alpha value is -1.70. The number of hydrogen-bond acceptors (Lipinski definition) is 8. The molecule has 0 aromatic carbocycles. The molecule has 0 aliphatic carbocycles. The molecule has 1 saturated heterocycles. The minimum atomic E-state index is -5.04. The first-order valence-electron chi connectivity index (χ1n) is 6.81. The van der Waals surface area contributed by atoms with Crippen LogP contribution in [0.2, 0.25) is 0 Å². The number of nitrogens with zero attached hydrogens (tertiary/aromatic N) is 5. The van der Waals surface area contributed by atoms with Gasteiger partial charge in [-0.3, -0.25) is 4.90 Å². The van der Waals surface area contributed by atoms with E-state index >= 15 is 0 Å². The molecule has 126 valence electrons. The van der Waals surface area contributed by atoms with Gasteiger partial charge in [-0.25, -0.2) is 22.9 Å². The molecule has 13 heteroatoms. The van der Waals surface area contributed by atoms with E-state index in [9.17, 15) is 17.8 Å². The van der Waals surface area contributed by atoms with E-state index in [0.717, 1.165) is 0 Å². The monoisotopic (exact) mass is 375 g/mol. The Labute approximate surface area is 164 Å². The van der Waals surface area contributed by atoms with Gasteiger partial charge in [0, 0.05) is 6.20 Å². The average Bonchev–Trinajstić information content (AvgIpc) is 3.24. The third kappa shape index (κ3) is 3.36. The van der Waals surface area contributed by atoms with Gasteiger partial charge in [0.05, 0.1) is 18.8 Å². The molecule has 4 heterocycles. The largest absolute Gasteiger partial charge is 1.00 e. The van der Waals surface area contributed by atoms with Crippen molar-refractivity contribution < 1.29 is 56.0 Å². The first kappa shape index (κ1) is 18.1. The van der Waals surface area contributed by atoms with Gasteiger partial charge < -0.3 is 8.97 Å². The molecule has 2 aromatic heterocycles. The topological polar surface area (TPSA) is 134 Å². The number of hydrogen-bond donors (Lipinski definition) is 0. The average molecular weight is 375 g/mol. The smallest absolute Gasteiger partial charge is 0.724 e. The number of rotatable bonds is 4. The van der Waals surface area contributed by atoms with Crippen LogP contribution in [0.25, 0.3) is 11.6 Å². The van der Waals surface area contributed by atoms with Crippen LogP contribution in [0.3, 0.4) is 0 Å². The van der Waals surface area contributed by atoms with E-state index in [1.54, 1.807) is 24.4 Å². The summed E-state index contributed by atoms with van der Waals surface area (Å²) in [5.41, 5.74) is 0.484. The number of amides is 2. The molecule has 4 rings (SSSR count). The number of oxazole rings is 1. The number of hydroxylamine groups is 2. The molecule has 0 spiro atoms. The van der Waals surface area contributed by atoms with E-state index in [1.165, 1.54) is 22.0 Å². The zero-order chi connectivity index (χ0) is 16.9. The van der Waals surface area contributed by atoms with Crippen molar-refractivity contribution in [3.05, 3.63) is 36.9 Å². The van der Waals surface area contributed by atoms with Crippen molar-refractivity contribution in [2.45, 2.75) is 12.2 Å². The second-order valence-corrected chi connectivity index (χ2v) is 6.09. The second-order valence-electron chi connectivity index (χ2n) is 5.13. The molecule has 2 amide bonds. The van der Waals surface area contributed by atoms with E-state index < -0.39 is 28.6 Å². The predicted molar refractivity (Wildman–Crippen MR) is 74.4 cm³/mol. The summed E-state index contributed by atoms with van der Waals surface area (Å²) in [4.78, 5) is 17.6. The third-order valence-electron chi connectivity index (χ3n) is 3.65. The van der Waals surface area contributed by atoms with Crippen molar-refractivity contribution in [2.75, 3.05) is 6.54 Å². The van der Waals surface area contributed by atoms with Gasteiger partial charge in [-0.05, 0) is 12.1 Å². The molecule has 2 aromatic rings. The Morgan fingerprint density at radius 1 is 1.36 bits per heavy atom. The number of fused-ring (bicyclic) bond motifs is 2. The van der Waals surface area contributed by atoms with Crippen molar-refractivity contribution in [2.24, 2.45) is 0 Å². The first-order chi connectivity index (χ1) is 11.4. The fraction of sp³-hybridized carbons (Fsp3) is 0.250. The Kier molecular flexibility index (Phi) is 4.74. The maximum Gasteiger partial charge on any atom is 1.00 e. The van der Waals surface area contributed by atoms with Crippen LogP contribution in [-0.4, -0.2) is 56.3 Å². The Morgan fingerprint density at radius 2 is 2.16 bits per heavy atom. The van der Waals surface area contributed by atoms with Crippen molar-refractivity contribution >= 4 is 16.4 Å². The predicted octanol–water partition coefficient (Wildman–Crippen LogP) is -2.89. The van der Waals surface area contributed by atoms with Crippen LogP contribution in [-0.2, 0) is 14.7 Å². The van der Waals surface area contributed by atoms with Crippen LogP contribution in [0.15, 0.2) is 41.3 Å². The molecule has 2 bridgehead atoms. The van der Waals surface area contributed by atoms with Gasteiger partial charge >= 0.3 is 35.6 Å². The van der Waals surface area contributed by atoms with E-state index in [4.69, 9.17) is 4.42 Å². The zero-order valence-corrected chi connectivity index (χ0v) is 15.7. The van der Waals surface area contributed by atoms with Crippen LogP contribution < -0.4 is 29.6 Å². The summed E-state index contributed by atoms with van der Waals surface area (Å²) in [5, 5.41) is 4.86. The molecule has 1 fully saturated rings. The second kappa shape index (κ2) is 6.55. The van der Waals surface area contributed by atoms with Crippen LogP contribution in [0.4, 0.5) is 4.79 Å². The van der Waals surface area contributed by atoms with E-state index in [-0.39, 0.29) is 36.1 Å². The van der Waals surface area contributed by atoms with Gasteiger partial charge in [-0.1, -0.05) is 6.08 Å². The molecule has 11 nitrogen and oxygen atoms in total. The minimum absolute atomic E-state index is 0. The molecule has 0 N–H and O–H groups in total. The number of urea groups is 1. The summed E-state index contributed by atoms with van der Waals surface area (Å²) in [6.07, 6.45) is 7.21. The third-order valence-corrected chi connectivity index (χ3v) is 3.99. The van der Waals surface area contributed by atoms with Crippen molar-refractivity contribution in [1.29, 1.82) is 0 Å². The molecule has 0 saturated carbocycles. The maximum absolute atomic E-state index is 12.3. The zero-order valence-electron chi connectivity index (χ0n) is 12.9. The van der Waals surface area contributed by atoms with Crippen LogP contribution in [0.1, 0.15) is 6.17 Å². The normalized spacial score (nSPS) is 22.4. The number of carbonyl (C=O) groups excluding carboxylic acids is 1. The molecular formula is C12H10N5NaO6S. The van der Waals surface area contributed by atoms with Crippen molar-refractivity contribution in [3.8, 4) is 11.6 Å². The summed E-state index contributed by atoms with van der Waals surface area (Å²) < 4.78 is 43.2. The van der Waals surface area contributed by atoms with Gasteiger partial charge in [0.25, 0.3) is 0 Å². The molecule has 0 radical (unpaired) electrons. The maximum atomic E-state index is 12.3. The van der Waals surface area contributed by atoms with Gasteiger partial charge in [0.15, 0.2) is 0 Å². The molecule has 2 atom stereocenters. The molecule has 25 heavy (non-hydrogen) atoms. The summed E-state index contributed by atoms with van der Waals surface area (Å²) in [5.74, 6) is 0.335. The molecule has 2 aliphatic heterocycles. The summed E-state index contributed by atoms with van der Waals surface area (Å²) >= 11 is 0. The summed E-state index contributed by atoms with van der Waals surface area (Å²) in [6.45, 7) is 0.170. The fourth-order valence-electron chi connectivity index (χ4n) is 2.68. The Balaban J connectivity index is 0.00000182. The van der Waals surface area contributed by atoms with Crippen LogP contribution in [0, 0.1) is 0 Å². The van der Waals surface area contributed by atoms with Crippen molar-refractivity contribution in [3.63, 3.8) is 0 Å². The first-order valence-corrected chi connectivity index (χ1v) is 8.14. The van der Waals surface area contributed by atoms with Crippen LogP contribution >= 0.6 is 0 Å². The van der Waals surface area contributed by atoms with Gasteiger partial charge in [0.1, 0.15) is 18.1 Å². The molecule has 2 unspecified atom stereocenters. The fourth-order valence-corrected chi connectivity index (χ4v) is 3.05. The van der Waals surface area contributed by atoms with Gasteiger partial charge in [-0.2, -0.15) is 14.4 Å². The minimum Gasteiger partial charge on any atom is -0.724 e. The summed E-state index contributed by atoms with van der Waals surface area (Å²) in [7, 11) is -5.04. The van der Waals surface area contributed by atoms with Gasteiger partial charge in [-0.15, -0.1) is 0 Å². The van der Waals surface area contributed by atoms with Crippen LogP contribution in [0.5, 0.6) is 0 Å². The Morgan fingerprint density at radius 3 is 2.84 bits per heavy atom. The number of carbonyl (C=O) groups is 1.